The summed E-state index contributed by atoms with van der Waals surface area (Å²) >= 11 is 0. The molecule has 11 heavy (non-hydrogen) atoms. The highest BCUT2D eigenvalue weighted by molar-refractivity contribution is 5.87. The molecule has 1 aromatic heterocycles. The minimum absolute atomic E-state index is 0.606. The first-order chi connectivity index (χ1) is 5.29. The minimum Gasteiger partial charge on any atom is -0.472 e. The summed E-state index contributed by atoms with van der Waals surface area (Å²) in [6.07, 6.45) is 3.11. The lowest BCUT2D eigenvalue weighted by Gasteiger charge is -1.83. The molecule has 1 heterocycles. The van der Waals surface area contributed by atoms with Crippen molar-refractivity contribution in [1.82, 2.24) is 4.98 Å². The topological polar surface area (TPSA) is 50.2 Å². The second kappa shape index (κ2) is 3.37. The van der Waals surface area contributed by atoms with Gasteiger partial charge in [0.15, 0.2) is 0 Å². The summed E-state index contributed by atoms with van der Waals surface area (Å²) in [4.78, 5) is 13.7. The van der Waals surface area contributed by atoms with Gasteiger partial charge in [0.2, 0.25) is 0 Å². The number of pyridine rings is 1. The van der Waals surface area contributed by atoms with Gasteiger partial charge in [-0.05, 0) is 12.1 Å². The van der Waals surface area contributed by atoms with E-state index in [0.717, 1.165) is 0 Å². The van der Waals surface area contributed by atoms with Crippen LogP contribution in [-0.4, -0.2) is 16.1 Å². The standard InChI is InChI=1S/C8H5NO2/c10-8(11)4-3-7-2-1-5-9-6-7/h1-2,5-6H,(H,10,11). The molecule has 0 spiro atoms. The smallest absolute Gasteiger partial charge is 0.382 e. The van der Waals surface area contributed by atoms with Crippen LogP contribution in [0.3, 0.4) is 0 Å². The van der Waals surface area contributed by atoms with E-state index in [-0.39, 0.29) is 0 Å². The van der Waals surface area contributed by atoms with Crippen LogP contribution in [0.1, 0.15) is 5.56 Å². The summed E-state index contributed by atoms with van der Waals surface area (Å²) < 4.78 is 0. The highest BCUT2D eigenvalue weighted by Gasteiger charge is 1.85. The Kier molecular flexibility index (Phi) is 2.24. The van der Waals surface area contributed by atoms with Crippen molar-refractivity contribution in [2.75, 3.05) is 0 Å². The number of rotatable bonds is 0. The fourth-order valence-electron chi connectivity index (χ4n) is 0.562. The first-order valence-corrected chi connectivity index (χ1v) is 2.94. The Bertz CT molecular complexity index is 308. The van der Waals surface area contributed by atoms with Gasteiger partial charge in [0.25, 0.3) is 0 Å². The third-order valence-corrected chi connectivity index (χ3v) is 0.975. The van der Waals surface area contributed by atoms with E-state index in [4.69, 9.17) is 5.11 Å². The molecule has 0 saturated carbocycles. The fraction of sp³-hybridized carbons (Fsp3) is 0. The average molecular weight is 147 g/mol. The third-order valence-electron chi connectivity index (χ3n) is 0.975. The quantitative estimate of drug-likeness (QED) is 0.544. The molecule has 1 rings (SSSR count). The van der Waals surface area contributed by atoms with Gasteiger partial charge in [-0.1, -0.05) is 5.92 Å². The van der Waals surface area contributed by atoms with Crippen LogP contribution in [0.15, 0.2) is 24.5 Å². The number of aliphatic carboxylic acids is 1. The van der Waals surface area contributed by atoms with E-state index in [9.17, 15) is 4.79 Å². The molecular weight excluding hydrogens is 142 g/mol. The lowest BCUT2D eigenvalue weighted by atomic mass is 10.3. The summed E-state index contributed by atoms with van der Waals surface area (Å²) in [5.74, 6) is 3.29. The predicted octanol–water partition coefficient (Wildman–Crippen LogP) is 0.518. The molecule has 0 aliphatic rings. The minimum atomic E-state index is -1.13. The van der Waals surface area contributed by atoms with Crippen molar-refractivity contribution in [3.63, 3.8) is 0 Å². The number of nitrogens with zero attached hydrogens (tertiary/aromatic N) is 1. The van der Waals surface area contributed by atoms with Crippen LogP contribution in [0.5, 0.6) is 0 Å². The summed E-state index contributed by atoms with van der Waals surface area (Å²) in [5.41, 5.74) is 0.606. The van der Waals surface area contributed by atoms with Gasteiger partial charge in [-0.2, -0.15) is 0 Å². The summed E-state index contributed by atoms with van der Waals surface area (Å²) in [7, 11) is 0. The van der Waals surface area contributed by atoms with E-state index in [1.54, 1.807) is 18.3 Å². The summed E-state index contributed by atoms with van der Waals surface area (Å²) in [5, 5.41) is 8.18. The molecule has 3 nitrogen and oxygen atoms in total. The zero-order chi connectivity index (χ0) is 8.10. The molecule has 1 N–H and O–H groups in total. The molecule has 54 valence electrons. The molecule has 1 aromatic rings. The molecule has 0 aromatic carbocycles. The Morgan fingerprint density at radius 2 is 2.45 bits per heavy atom. The summed E-state index contributed by atoms with van der Waals surface area (Å²) in [6, 6.07) is 3.40. The average Bonchev–Trinajstić information content (AvgIpc) is 2.03. The predicted molar refractivity (Wildman–Crippen MR) is 38.8 cm³/mol. The lowest BCUT2D eigenvalue weighted by Crippen LogP contribution is -1.87. The molecule has 3 heteroatoms. The maximum absolute atomic E-state index is 9.98. The number of carboxylic acids is 1. The second-order valence-electron chi connectivity index (χ2n) is 1.80. The van der Waals surface area contributed by atoms with Gasteiger partial charge in [-0.15, -0.1) is 0 Å². The Balaban J connectivity index is 2.83. The molecule has 0 saturated heterocycles. The van der Waals surface area contributed by atoms with Crippen LogP contribution in [-0.2, 0) is 4.79 Å². The molecular formula is C8H5NO2. The molecule has 0 bridgehead atoms. The second-order valence-corrected chi connectivity index (χ2v) is 1.80. The van der Waals surface area contributed by atoms with E-state index in [0.29, 0.717) is 5.56 Å². The number of carboxylic acid groups (broad SMARTS) is 1. The van der Waals surface area contributed by atoms with Crippen molar-refractivity contribution in [2.45, 2.75) is 0 Å². The van der Waals surface area contributed by atoms with Gasteiger partial charge in [0, 0.05) is 23.9 Å². The van der Waals surface area contributed by atoms with Gasteiger partial charge < -0.3 is 5.11 Å². The van der Waals surface area contributed by atoms with Crippen LogP contribution in [0.4, 0.5) is 0 Å². The molecule has 0 atom stereocenters. The Morgan fingerprint density at radius 3 is 3.00 bits per heavy atom. The third kappa shape index (κ3) is 2.50. The van der Waals surface area contributed by atoms with Crippen molar-refractivity contribution in [3.8, 4) is 11.8 Å². The van der Waals surface area contributed by atoms with E-state index < -0.39 is 5.97 Å². The van der Waals surface area contributed by atoms with Gasteiger partial charge >= 0.3 is 5.97 Å². The maximum atomic E-state index is 9.98. The van der Waals surface area contributed by atoms with Crippen LogP contribution >= 0.6 is 0 Å². The molecule has 0 radical (unpaired) electrons. The fourth-order valence-corrected chi connectivity index (χ4v) is 0.562. The highest BCUT2D eigenvalue weighted by atomic mass is 16.4. The maximum Gasteiger partial charge on any atom is 0.382 e. The van der Waals surface area contributed by atoms with Crippen LogP contribution in [0.2, 0.25) is 0 Å². The highest BCUT2D eigenvalue weighted by Crippen LogP contribution is 1.90. The van der Waals surface area contributed by atoms with E-state index in [2.05, 4.69) is 10.9 Å². The van der Waals surface area contributed by atoms with Crippen LogP contribution in [0, 0.1) is 11.8 Å². The zero-order valence-electron chi connectivity index (χ0n) is 5.61. The van der Waals surface area contributed by atoms with Gasteiger partial charge in [-0.3, -0.25) is 4.98 Å². The van der Waals surface area contributed by atoms with Crippen molar-refractivity contribution in [1.29, 1.82) is 0 Å². The van der Waals surface area contributed by atoms with Crippen LogP contribution < -0.4 is 0 Å². The van der Waals surface area contributed by atoms with Gasteiger partial charge in [-0.25, -0.2) is 4.79 Å². The largest absolute Gasteiger partial charge is 0.472 e. The van der Waals surface area contributed by atoms with Gasteiger partial charge in [0.05, 0.1) is 0 Å². The number of carbonyl (C=O) groups is 1. The van der Waals surface area contributed by atoms with Gasteiger partial charge in [0.1, 0.15) is 0 Å². The van der Waals surface area contributed by atoms with Crippen molar-refractivity contribution < 1.29 is 9.90 Å². The SMILES string of the molecule is O=C(O)C#Cc1cccnc1. The van der Waals surface area contributed by atoms with E-state index >= 15 is 0 Å². The first-order valence-electron chi connectivity index (χ1n) is 2.94. The van der Waals surface area contributed by atoms with Crippen LogP contribution in [0.25, 0.3) is 0 Å². The lowest BCUT2D eigenvalue weighted by molar-refractivity contribution is -0.130. The first kappa shape index (κ1) is 7.29. The Labute approximate surface area is 63.7 Å². The normalized spacial score (nSPS) is 8.00. The number of aromatic nitrogens is 1. The molecule has 0 amide bonds. The number of hydrogen-bond donors (Lipinski definition) is 1. The molecule has 0 fully saturated rings. The zero-order valence-corrected chi connectivity index (χ0v) is 5.61. The molecule has 0 aliphatic heterocycles. The summed E-state index contributed by atoms with van der Waals surface area (Å²) in [6.45, 7) is 0. The van der Waals surface area contributed by atoms with Crippen molar-refractivity contribution in [2.24, 2.45) is 0 Å². The molecule has 0 unspecified atom stereocenters. The Morgan fingerprint density at radius 1 is 1.64 bits per heavy atom. The molecule has 0 aliphatic carbocycles. The monoisotopic (exact) mass is 147 g/mol. The van der Waals surface area contributed by atoms with Crippen molar-refractivity contribution >= 4 is 5.97 Å². The van der Waals surface area contributed by atoms with E-state index in [1.165, 1.54) is 6.20 Å². The Hall–Kier alpha value is -1.82. The van der Waals surface area contributed by atoms with E-state index in [1.807, 2.05) is 5.92 Å². The number of hydrogen-bond acceptors (Lipinski definition) is 2. The van der Waals surface area contributed by atoms with Crippen molar-refractivity contribution in [3.05, 3.63) is 30.1 Å².